The van der Waals surface area contributed by atoms with Crippen LogP contribution in [0.5, 0.6) is 11.5 Å². The molecule has 0 radical (unpaired) electrons. The smallest absolute Gasteiger partial charge is 0.242 e. The van der Waals surface area contributed by atoms with Crippen molar-refractivity contribution in [3.63, 3.8) is 0 Å². The first kappa shape index (κ1) is 25.2. The number of rotatable bonds is 10. The fourth-order valence-corrected chi connectivity index (χ4v) is 4.20. The number of hydrogen-bond acceptors (Lipinski definition) is 4. The van der Waals surface area contributed by atoms with E-state index in [1.807, 2.05) is 39.0 Å². The number of hydrogen-bond donors (Lipinski definition) is 1. The van der Waals surface area contributed by atoms with Crippen LogP contribution in [0.1, 0.15) is 44.7 Å². The van der Waals surface area contributed by atoms with E-state index in [4.69, 9.17) is 32.7 Å². The Morgan fingerprint density at radius 2 is 1.79 bits per heavy atom. The summed E-state index contributed by atoms with van der Waals surface area (Å²) in [4.78, 5) is 28.0. The van der Waals surface area contributed by atoms with Gasteiger partial charge >= 0.3 is 0 Å². The van der Waals surface area contributed by atoms with Crippen molar-refractivity contribution >= 4 is 35.0 Å². The minimum Gasteiger partial charge on any atom is -0.454 e. The number of carbonyl (C=O) groups is 2. The lowest BCUT2D eigenvalue weighted by Gasteiger charge is -2.31. The third-order valence-electron chi connectivity index (χ3n) is 5.53. The molecule has 178 valence electrons. The van der Waals surface area contributed by atoms with Crippen molar-refractivity contribution in [2.45, 2.75) is 52.6 Å². The van der Waals surface area contributed by atoms with Crippen molar-refractivity contribution in [1.29, 1.82) is 0 Å². The molecule has 0 fully saturated rings. The van der Waals surface area contributed by atoms with Gasteiger partial charge in [-0.2, -0.15) is 0 Å². The van der Waals surface area contributed by atoms with Crippen molar-refractivity contribution < 1.29 is 19.1 Å². The van der Waals surface area contributed by atoms with Crippen LogP contribution < -0.4 is 14.8 Å². The van der Waals surface area contributed by atoms with Crippen LogP contribution in [0.25, 0.3) is 0 Å². The average Bonchev–Trinajstić information content (AvgIpc) is 3.25. The molecule has 2 aromatic carbocycles. The van der Waals surface area contributed by atoms with Crippen molar-refractivity contribution in [2.75, 3.05) is 13.3 Å². The number of fused-ring (bicyclic) bond motifs is 1. The maximum atomic E-state index is 13.4. The molecule has 1 heterocycles. The van der Waals surface area contributed by atoms with Gasteiger partial charge in [-0.25, -0.2) is 0 Å². The largest absolute Gasteiger partial charge is 0.454 e. The number of amides is 2. The van der Waals surface area contributed by atoms with Crippen molar-refractivity contribution in [2.24, 2.45) is 5.92 Å². The molecule has 0 aromatic heterocycles. The number of halogens is 2. The highest BCUT2D eigenvalue weighted by Crippen LogP contribution is 2.33. The zero-order valence-corrected chi connectivity index (χ0v) is 20.7. The maximum absolute atomic E-state index is 13.4. The molecule has 1 N–H and O–H groups in total. The molecule has 2 aromatic rings. The number of aryl methyl sites for hydroxylation is 1. The van der Waals surface area contributed by atoms with E-state index in [1.165, 1.54) is 0 Å². The van der Waals surface area contributed by atoms with E-state index >= 15 is 0 Å². The highest BCUT2D eigenvalue weighted by molar-refractivity contribution is 6.36. The molecule has 1 aliphatic heterocycles. The molecule has 1 atom stereocenters. The van der Waals surface area contributed by atoms with Crippen LogP contribution in [0.15, 0.2) is 36.4 Å². The second kappa shape index (κ2) is 11.6. The molecule has 33 heavy (non-hydrogen) atoms. The van der Waals surface area contributed by atoms with Gasteiger partial charge in [-0.3, -0.25) is 9.59 Å². The molecule has 0 saturated carbocycles. The Bertz CT molecular complexity index is 976. The zero-order chi connectivity index (χ0) is 24.0. The summed E-state index contributed by atoms with van der Waals surface area (Å²) in [6.45, 7) is 6.85. The molecule has 0 aliphatic carbocycles. The van der Waals surface area contributed by atoms with E-state index < -0.39 is 6.04 Å². The van der Waals surface area contributed by atoms with Crippen molar-refractivity contribution in [3.8, 4) is 11.5 Å². The lowest BCUT2D eigenvalue weighted by Crippen LogP contribution is -2.49. The van der Waals surface area contributed by atoms with E-state index in [0.717, 1.165) is 5.56 Å². The molecule has 0 unspecified atom stereocenters. The van der Waals surface area contributed by atoms with Gasteiger partial charge in [0, 0.05) is 35.1 Å². The Morgan fingerprint density at radius 1 is 1.09 bits per heavy atom. The molecular weight excluding hydrogens is 463 g/mol. The SMILES string of the molecule is CC[C@H](C(=O)NCC(C)C)N(Cc1c(Cl)cccc1Cl)C(=O)CCc1ccc2c(c1)OCO2. The number of nitrogens with one attached hydrogen (secondary N) is 1. The van der Waals surface area contributed by atoms with Gasteiger partial charge in [0.05, 0.1) is 0 Å². The molecule has 2 amide bonds. The monoisotopic (exact) mass is 492 g/mol. The lowest BCUT2D eigenvalue weighted by atomic mass is 10.1. The molecule has 0 saturated heterocycles. The van der Waals surface area contributed by atoms with E-state index in [9.17, 15) is 9.59 Å². The minimum absolute atomic E-state index is 0.143. The molecule has 3 rings (SSSR count). The summed E-state index contributed by atoms with van der Waals surface area (Å²) in [7, 11) is 0. The van der Waals surface area contributed by atoms with Gasteiger partial charge in [-0.05, 0) is 48.6 Å². The lowest BCUT2D eigenvalue weighted by molar-refractivity contribution is -0.141. The summed E-state index contributed by atoms with van der Waals surface area (Å²) in [6, 6.07) is 10.3. The van der Waals surface area contributed by atoms with Crippen LogP contribution in [0.3, 0.4) is 0 Å². The second-order valence-electron chi connectivity index (χ2n) is 8.47. The standard InChI is InChI=1S/C25H30Cl2N2O4/c1-4-21(25(31)28-13-16(2)3)29(14-18-19(26)6-5-7-20(18)27)24(30)11-9-17-8-10-22-23(12-17)33-15-32-22/h5-8,10,12,16,21H,4,9,11,13-15H2,1-3H3,(H,28,31)/t21-/m1/s1. The summed E-state index contributed by atoms with van der Waals surface area (Å²) >= 11 is 12.8. The molecule has 0 bridgehead atoms. The van der Waals surface area contributed by atoms with Crippen LogP contribution in [0.2, 0.25) is 10.0 Å². The van der Waals surface area contributed by atoms with Crippen molar-refractivity contribution in [3.05, 3.63) is 57.6 Å². The number of benzene rings is 2. The van der Waals surface area contributed by atoms with Crippen LogP contribution in [-0.2, 0) is 22.6 Å². The second-order valence-corrected chi connectivity index (χ2v) is 9.29. The van der Waals surface area contributed by atoms with E-state index in [-0.39, 0.29) is 31.6 Å². The Labute approximate surface area is 205 Å². The van der Waals surface area contributed by atoms with Gasteiger partial charge in [-0.1, -0.05) is 56.1 Å². The minimum atomic E-state index is -0.625. The summed E-state index contributed by atoms with van der Waals surface area (Å²) in [5, 5.41) is 3.89. The highest BCUT2D eigenvalue weighted by atomic mass is 35.5. The molecule has 8 heteroatoms. The third-order valence-corrected chi connectivity index (χ3v) is 6.23. The van der Waals surface area contributed by atoms with Gasteiger partial charge in [-0.15, -0.1) is 0 Å². The Kier molecular flexibility index (Phi) is 8.87. The van der Waals surface area contributed by atoms with Crippen molar-refractivity contribution in [1.82, 2.24) is 10.2 Å². The number of nitrogens with zero attached hydrogens (tertiary/aromatic N) is 1. The number of carbonyl (C=O) groups excluding carboxylic acids is 2. The van der Waals surface area contributed by atoms with Gasteiger partial charge < -0.3 is 19.7 Å². The topological polar surface area (TPSA) is 67.9 Å². The predicted molar refractivity (Wildman–Crippen MR) is 130 cm³/mol. The first-order chi connectivity index (χ1) is 15.8. The normalized spacial score (nSPS) is 13.2. The zero-order valence-electron chi connectivity index (χ0n) is 19.2. The summed E-state index contributed by atoms with van der Waals surface area (Å²) < 4.78 is 10.8. The van der Waals surface area contributed by atoms with Crippen LogP contribution >= 0.6 is 23.2 Å². The molecular formula is C25H30Cl2N2O4. The van der Waals surface area contributed by atoms with E-state index in [1.54, 1.807) is 23.1 Å². The van der Waals surface area contributed by atoms with E-state index in [2.05, 4.69) is 5.32 Å². The fraction of sp³-hybridized carbons (Fsp3) is 0.440. The quantitative estimate of drug-likeness (QED) is 0.492. The summed E-state index contributed by atoms with van der Waals surface area (Å²) in [6.07, 6.45) is 1.21. The summed E-state index contributed by atoms with van der Waals surface area (Å²) in [5.41, 5.74) is 1.59. The summed E-state index contributed by atoms with van der Waals surface area (Å²) in [5.74, 6) is 1.37. The molecule has 6 nitrogen and oxygen atoms in total. The predicted octanol–water partition coefficient (Wildman–Crippen LogP) is 5.23. The van der Waals surface area contributed by atoms with E-state index in [0.29, 0.717) is 52.4 Å². The first-order valence-electron chi connectivity index (χ1n) is 11.2. The Hall–Kier alpha value is -2.44. The Balaban J connectivity index is 1.80. The van der Waals surface area contributed by atoms with Gasteiger partial charge in [0.2, 0.25) is 18.6 Å². The van der Waals surface area contributed by atoms with Gasteiger partial charge in [0.15, 0.2) is 11.5 Å². The average molecular weight is 493 g/mol. The maximum Gasteiger partial charge on any atom is 0.242 e. The third kappa shape index (κ3) is 6.55. The van der Waals surface area contributed by atoms with Gasteiger partial charge in [0.25, 0.3) is 0 Å². The van der Waals surface area contributed by atoms with Crippen LogP contribution in [0.4, 0.5) is 0 Å². The van der Waals surface area contributed by atoms with Crippen LogP contribution in [0, 0.1) is 5.92 Å². The van der Waals surface area contributed by atoms with Crippen LogP contribution in [-0.4, -0.2) is 36.1 Å². The fourth-order valence-electron chi connectivity index (χ4n) is 3.69. The first-order valence-corrected chi connectivity index (χ1v) is 11.9. The van der Waals surface area contributed by atoms with Gasteiger partial charge in [0.1, 0.15) is 6.04 Å². The molecule has 1 aliphatic rings. The number of ether oxygens (including phenoxy) is 2. The Morgan fingerprint density at radius 3 is 2.45 bits per heavy atom. The molecule has 0 spiro atoms. The highest BCUT2D eigenvalue weighted by Gasteiger charge is 2.29.